The van der Waals surface area contributed by atoms with E-state index in [1.807, 2.05) is 30.3 Å². The van der Waals surface area contributed by atoms with Crippen LogP contribution in [0.15, 0.2) is 144 Å². The number of carboxylic acids is 2. The summed E-state index contributed by atoms with van der Waals surface area (Å²) in [6, 6.07) is 24.4. The van der Waals surface area contributed by atoms with Gasteiger partial charge in [-0.3, -0.25) is 28.8 Å². The van der Waals surface area contributed by atoms with E-state index in [-0.39, 0.29) is 176 Å². The number of aromatic carboxylic acids is 2. The number of aliphatic hydroxyl groups excluding tert-OH is 3. The van der Waals surface area contributed by atoms with Crippen LogP contribution < -0.4 is 105 Å². The minimum atomic E-state index is -1.64. The number of aliphatic hydroxyl groups is 3. The van der Waals surface area contributed by atoms with Crippen molar-refractivity contribution >= 4 is 62.3 Å². The molecule has 6 N–H and O–H groups in total. The molecule has 530 valence electrons. The first-order chi connectivity index (χ1) is 47.7. The smallest absolute Gasteiger partial charge is 0.542 e. The Hall–Kier alpha value is -7.30. The number of benzene rings is 4. The number of esters is 1. The molecule has 0 bridgehead atoms. The maximum Gasteiger partial charge on any atom is 1.00 e. The molecule has 24 nitrogen and oxygen atoms in total. The molecule has 1 saturated heterocycles. The van der Waals surface area contributed by atoms with Gasteiger partial charge in [0.15, 0.2) is 46.7 Å². The van der Waals surface area contributed by atoms with Crippen LogP contribution in [-0.2, 0) is 35.0 Å². The quantitative estimate of drug-likeness (QED) is 0.0451. The van der Waals surface area contributed by atoms with Crippen molar-refractivity contribution in [3.05, 3.63) is 174 Å². The predicted molar refractivity (Wildman–Crippen MR) is 359 cm³/mol. The Kier molecular flexibility index (Phi) is 25.7. The van der Waals surface area contributed by atoms with E-state index < -0.39 is 82.0 Å². The summed E-state index contributed by atoms with van der Waals surface area (Å²) in [5, 5.41) is 68.5. The van der Waals surface area contributed by atoms with Crippen molar-refractivity contribution in [3.63, 3.8) is 0 Å². The fourth-order valence-electron chi connectivity index (χ4n) is 16.0. The molecule has 5 aliphatic carbocycles. The zero-order valence-electron chi connectivity index (χ0n) is 58.4. The van der Waals surface area contributed by atoms with E-state index in [9.17, 15) is 69.0 Å². The Morgan fingerprint density at radius 2 is 1.40 bits per heavy atom. The second-order valence-corrected chi connectivity index (χ2v) is 27.6. The van der Waals surface area contributed by atoms with Gasteiger partial charge in [0.1, 0.15) is 76.2 Å². The number of ether oxygens (including phenoxy) is 6. The third-order valence-corrected chi connectivity index (χ3v) is 20.8. The second-order valence-electron chi connectivity index (χ2n) is 27.6. The van der Waals surface area contributed by atoms with Crippen LogP contribution in [0.1, 0.15) is 131 Å². The number of H-pyrrole nitrogens is 1. The van der Waals surface area contributed by atoms with E-state index in [0.717, 1.165) is 68.4 Å². The zero-order chi connectivity index (χ0) is 71.5. The summed E-state index contributed by atoms with van der Waals surface area (Å²) >= 11 is 0. The summed E-state index contributed by atoms with van der Waals surface area (Å²) in [7, 11) is 1.64. The van der Waals surface area contributed by atoms with Gasteiger partial charge in [-0.15, -0.1) is 0 Å². The van der Waals surface area contributed by atoms with E-state index in [1.54, 1.807) is 45.2 Å². The van der Waals surface area contributed by atoms with Crippen LogP contribution in [-0.4, -0.2) is 125 Å². The number of carbonyl (C=O) groups excluding carboxylic acids is 5. The van der Waals surface area contributed by atoms with Crippen LogP contribution >= 0.6 is 0 Å². The van der Waals surface area contributed by atoms with Gasteiger partial charge in [0, 0.05) is 58.8 Å². The van der Waals surface area contributed by atoms with Crippen LogP contribution in [0, 0.1) is 40.4 Å². The molecule has 4 aromatic carbocycles. The van der Waals surface area contributed by atoms with Gasteiger partial charge in [-0.25, -0.2) is 0 Å². The van der Waals surface area contributed by atoms with Crippen LogP contribution in [0.2, 0.25) is 0 Å². The topological polar surface area (TPSA) is 373 Å². The monoisotopic (exact) mass is 1420 g/mol. The van der Waals surface area contributed by atoms with Gasteiger partial charge in [0.25, 0.3) is 0 Å². The van der Waals surface area contributed by atoms with Crippen LogP contribution in [0.5, 0.6) is 23.0 Å². The molecule has 3 aromatic heterocycles. The summed E-state index contributed by atoms with van der Waals surface area (Å²) in [6.45, 7) is 9.21. The van der Waals surface area contributed by atoms with Gasteiger partial charge >= 0.3 is 65.1 Å². The summed E-state index contributed by atoms with van der Waals surface area (Å²) < 4.78 is 45.4. The molecule has 0 amide bonds. The van der Waals surface area contributed by atoms with E-state index in [4.69, 9.17) is 37.3 Å². The van der Waals surface area contributed by atoms with Crippen molar-refractivity contribution in [3.8, 4) is 23.0 Å². The van der Waals surface area contributed by atoms with Crippen LogP contribution in [0.25, 0.3) is 32.8 Å². The molecule has 4 heterocycles. The van der Waals surface area contributed by atoms with E-state index in [2.05, 4.69) is 31.1 Å². The van der Waals surface area contributed by atoms with Crippen molar-refractivity contribution in [1.82, 2.24) is 10.3 Å². The number of carboxylic acid groups (broad SMARTS) is 2. The first-order valence-electron chi connectivity index (χ1n) is 33.8. The van der Waals surface area contributed by atoms with Crippen LogP contribution in [0.3, 0.4) is 0 Å². The molecule has 1 aliphatic heterocycles. The number of hydrogen-bond donors (Lipinski definition) is 6. The molecule has 102 heavy (non-hydrogen) atoms. The molecule has 13 rings (SSSR count). The average molecular weight is 1420 g/mol. The van der Waals surface area contributed by atoms with Gasteiger partial charge in [-0.2, -0.15) is 0 Å². The fraction of sp³-hybridized carbons (Fsp3) is 0.447. The largest absolute Gasteiger partial charge is 1.00 e. The Labute approximate surface area is 631 Å². The minimum Gasteiger partial charge on any atom is -0.542 e. The Balaban J connectivity index is 0.000000179. The molecular formula is C76H82N2Na2O22. The van der Waals surface area contributed by atoms with Crippen LogP contribution in [0.4, 0.5) is 0 Å². The number of hydrogen-bond acceptors (Lipinski definition) is 23. The number of aromatic hydroxyl groups is 1. The number of nitrogens with one attached hydrogen (secondary N) is 2. The van der Waals surface area contributed by atoms with Crippen molar-refractivity contribution in [1.29, 1.82) is 0 Å². The maximum absolute atomic E-state index is 14.2. The van der Waals surface area contributed by atoms with E-state index in [0.29, 0.717) is 35.9 Å². The average Bonchev–Trinajstić information content (AvgIpc) is 1.49. The summed E-state index contributed by atoms with van der Waals surface area (Å²) in [4.78, 5) is 99.4. The minimum absolute atomic E-state index is 0. The summed E-state index contributed by atoms with van der Waals surface area (Å²) in [6.07, 6.45) is 11.0. The summed E-state index contributed by atoms with van der Waals surface area (Å²) in [5.41, 5.74) is -0.712. The number of fused-ring (bicyclic) bond motifs is 10. The molecule has 0 spiro atoms. The number of allylic oxidation sites excluding steroid dienone is 4. The number of carbonyl (C=O) groups is 5. The number of methoxy groups -OCH3 is 1. The molecule has 11 atom stereocenters. The van der Waals surface area contributed by atoms with Crippen molar-refractivity contribution in [2.24, 2.45) is 40.4 Å². The third-order valence-electron chi connectivity index (χ3n) is 20.8. The third kappa shape index (κ3) is 16.3. The van der Waals surface area contributed by atoms with Crippen molar-refractivity contribution in [2.45, 2.75) is 141 Å². The molecule has 5 fully saturated rings. The van der Waals surface area contributed by atoms with Crippen molar-refractivity contribution < 1.29 is 151 Å². The molecule has 0 unspecified atom stereocenters. The normalized spacial score (nSPS) is 24.6. The van der Waals surface area contributed by atoms with Gasteiger partial charge in [0.05, 0.1) is 36.9 Å². The maximum atomic E-state index is 14.2. The van der Waals surface area contributed by atoms with E-state index in [1.165, 1.54) is 60.5 Å². The SMILES string of the molecule is CC(C)C(=O)OCC(=O)[C@@]12O[C@H](C3CCCCC3)O[C@@H]1C[C@H]1[C@@H]3CCC4=CC(=O)C=C[C@]4(C)[C@H]3[C@@H](O)C[C@@]12C.COc1ccc(C[C@@H](C)NC[C@H](O)c2ccc(O)c3[nH]c(=O)ccc23)cc1.O=C([O-])c1cc(=O)c2c(OCC(O)COc3cccc4oc(C(=O)[O-])cc(=O)c34)cccc2o1.[Na+].[Na+]. The number of aromatic nitrogens is 1. The zero-order valence-corrected chi connectivity index (χ0v) is 62.4. The molecule has 26 heteroatoms. The second kappa shape index (κ2) is 33.2. The number of phenolic OH excluding ortho intramolecular Hbond substituents is 1. The standard InChI is InChI=1S/C32H44O7.C23H16O11.C21H24N2O4.2Na/c1-18(2)28(36)37-17-25(35)32-26(38-29(39-32)19-8-6-5-7-9-19)15-23-22-11-10-20-14-21(33)12-13-30(20,3)27(22)24(34)16-31(23,32)4;24-11(9-31-14-3-1-5-16-20(14)12(25)7-18(33-16)22(27)28)10-32-15-4-2-6-17-21(15)13(26)8-19(34-17)23(29)30;1-13(11-14-3-5-15(27-2)6-4-14)22-12-19(25)16-7-9-18(24)21-17(16)8-10-20(26)23-21;;/h12-14,18-19,22-24,26-27,29,34H,5-11,15-17H2,1-4H3;1-8,11,24H,9-10H2,(H,27,28)(H,29,30);3-10,13,19,22,24-25H,11-12H2,1-2H3,(H,23,26);;/q;;;2*+1/p-2/t22-,23-,24-,26+,27+,29+,30-,31-,32+;;13-,19+;;/m0.1../s1. The molecule has 4 saturated carbocycles. The number of aromatic amines is 1. The number of pyridine rings is 1. The molecule has 7 aromatic rings. The molecular weight excluding hydrogens is 1340 g/mol. The van der Waals surface area contributed by atoms with Gasteiger partial charge < -0.3 is 87.8 Å². The van der Waals surface area contributed by atoms with Gasteiger partial charge in [-0.1, -0.05) is 88.9 Å². The molecule has 0 radical (unpaired) electrons. The van der Waals surface area contributed by atoms with Gasteiger partial charge in [-0.05, 0) is 136 Å². The van der Waals surface area contributed by atoms with Gasteiger partial charge in [0.2, 0.25) is 11.3 Å². The fourth-order valence-corrected chi connectivity index (χ4v) is 16.0. The summed E-state index contributed by atoms with van der Waals surface area (Å²) in [5.74, 6) is -4.10. The number of rotatable bonds is 20. The molecule has 6 aliphatic rings. The first-order valence-corrected chi connectivity index (χ1v) is 33.8. The first kappa shape index (κ1) is 78.8. The Morgan fingerprint density at radius 3 is 1.99 bits per heavy atom. The predicted octanol–water partition coefficient (Wildman–Crippen LogP) is 0.654. The Morgan fingerprint density at radius 1 is 0.784 bits per heavy atom. The number of ketones is 2. The number of phenols is 1. The van der Waals surface area contributed by atoms with E-state index >= 15 is 0 Å². The Bertz CT molecular complexity index is 4390. The van der Waals surface area contributed by atoms with Crippen molar-refractivity contribution in [2.75, 3.05) is 33.5 Å². The number of Topliss-reactive ketones (excluding diaryl/α,β-unsaturated/α-hetero) is 1.